The number of benzene rings is 1. The summed E-state index contributed by atoms with van der Waals surface area (Å²) in [5.74, 6) is -2.76. The summed E-state index contributed by atoms with van der Waals surface area (Å²) in [5.41, 5.74) is 1.03. The summed E-state index contributed by atoms with van der Waals surface area (Å²) >= 11 is 0. The maximum Gasteiger partial charge on any atom is 0.307 e. The fourth-order valence-corrected chi connectivity index (χ4v) is 2.46. The summed E-state index contributed by atoms with van der Waals surface area (Å²) in [6.07, 6.45) is 4.40. The molecular formula is C16H18N2O4. The Balaban J connectivity index is 2.06. The van der Waals surface area contributed by atoms with Gasteiger partial charge in [0.2, 0.25) is 5.91 Å². The number of carbonyl (C=O) groups excluding carboxylic acids is 2. The molecule has 2 rings (SSSR count). The summed E-state index contributed by atoms with van der Waals surface area (Å²) < 4.78 is 0. The van der Waals surface area contributed by atoms with E-state index in [1.165, 1.54) is 0 Å². The van der Waals surface area contributed by atoms with Gasteiger partial charge in [-0.2, -0.15) is 0 Å². The molecule has 0 unspecified atom stereocenters. The van der Waals surface area contributed by atoms with Crippen molar-refractivity contribution in [3.05, 3.63) is 42.0 Å². The molecule has 6 heteroatoms. The molecule has 22 heavy (non-hydrogen) atoms. The van der Waals surface area contributed by atoms with Gasteiger partial charge in [0.25, 0.3) is 5.91 Å². The van der Waals surface area contributed by atoms with Crippen LogP contribution in [-0.4, -0.2) is 29.9 Å². The first kappa shape index (κ1) is 15.8. The van der Waals surface area contributed by atoms with Crippen LogP contribution in [-0.2, 0) is 9.59 Å². The number of nitrogens with one attached hydrogen (secondary N) is 2. The molecule has 1 aliphatic rings. The van der Waals surface area contributed by atoms with Crippen LogP contribution in [0.3, 0.4) is 0 Å². The first-order chi connectivity index (χ1) is 10.5. The maximum atomic E-state index is 12.3. The highest BCUT2D eigenvalue weighted by atomic mass is 16.4. The van der Waals surface area contributed by atoms with Crippen molar-refractivity contribution in [2.45, 2.75) is 12.8 Å². The predicted octanol–water partition coefficient (Wildman–Crippen LogP) is 1.65. The molecule has 1 aromatic rings. The Hall–Kier alpha value is -2.63. The maximum absolute atomic E-state index is 12.3. The molecule has 1 aromatic carbocycles. The quantitative estimate of drug-likeness (QED) is 0.737. The number of rotatable bonds is 4. The van der Waals surface area contributed by atoms with Crippen molar-refractivity contribution in [1.29, 1.82) is 0 Å². The third-order valence-electron chi connectivity index (χ3n) is 3.73. The van der Waals surface area contributed by atoms with Crippen LogP contribution in [0.25, 0.3) is 0 Å². The number of aliphatic carboxylic acids is 1. The molecule has 0 saturated carbocycles. The van der Waals surface area contributed by atoms with E-state index in [0.717, 1.165) is 0 Å². The van der Waals surface area contributed by atoms with Crippen molar-refractivity contribution in [3.8, 4) is 0 Å². The molecule has 6 nitrogen and oxygen atoms in total. The number of hydrogen-bond acceptors (Lipinski definition) is 3. The van der Waals surface area contributed by atoms with Gasteiger partial charge >= 0.3 is 5.97 Å². The average Bonchev–Trinajstić information content (AvgIpc) is 2.54. The van der Waals surface area contributed by atoms with Gasteiger partial charge in [-0.25, -0.2) is 0 Å². The van der Waals surface area contributed by atoms with E-state index >= 15 is 0 Å². The van der Waals surface area contributed by atoms with Gasteiger partial charge in [0.15, 0.2) is 0 Å². The molecule has 0 heterocycles. The Morgan fingerprint density at radius 3 is 2.18 bits per heavy atom. The zero-order valence-electron chi connectivity index (χ0n) is 12.2. The van der Waals surface area contributed by atoms with E-state index in [1.54, 1.807) is 37.4 Å². The minimum atomic E-state index is -0.959. The third kappa shape index (κ3) is 3.52. The second-order valence-electron chi connectivity index (χ2n) is 5.14. The van der Waals surface area contributed by atoms with E-state index in [1.807, 2.05) is 6.08 Å². The Labute approximate surface area is 128 Å². The normalized spacial score (nSPS) is 20.2. The van der Waals surface area contributed by atoms with Gasteiger partial charge in [-0.1, -0.05) is 12.2 Å². The summed E-state index contributed by atoms with van der Waals surface area (Å²) in [6.45, 7) is 0. The van der Waals surface area contributed by atoms with E-state index < -0.39 is 17.8 Å². The summed E-state index contributed by atoms with van der Waals surface area (Å²) in [5, 5.41) is 14.4. The zero-order chi connectivity index (χ0) is 16.1. The Kier molecular flexibility index (Phi) is 4.93. The monoisotopic (exact) mass is 302 g/mol. The molecule has 116 valence electrons. The zero-order valence-corrected chi connectivity index (χ0v) is 12.2. The lowest BCUT2D eigenvalue weighted by molar-refractivity contribution is -0.146. The number of carboxylic acid groups (broad SMARTS) is 1. The SMILES string of the molecule is CNC(=O)c1ccc(NC(=O)[C@@H]2CC=CC[C@@H]2C(=O)O)cc1. The first-order valence-corrected chi connectivity index (χ1v) is 7.03. The predicted molar refractivity (Wildman–Crippen MR) is 81.5 cm³/mol. The highest BCUT2D eigenvalue weighted by Crippen LogP contribution is 2.27. The lowest BCUT2D eigenvalue weighted by atomic mass is 9.82. The van der Waals surface area contributed by atoms with Crippen molar-refractivity contribution in [3.63, 3.8) is 0 Å². The van der Waals surface area contributed by atoms with E-state index in [-0.39, 0.29) is 11.8 Å². The Bertz CT molecular complexity index is 607. The lowest BCUT2D eigenvalue weighted by Gasteiger charge is -2.24. The second kappa shape index (κ2) is 6.89. The third-order valence-corrected chi connectivity index (χ3v) is 3.73. The van der Waals surface area contributed by atoms with Gasteiger partial charge in [-0.3, -0.25) is 14.4 Å². The van der Waals surface area contributed by atoms with Crippen molar-refractivity contribution >= 4 is 23.5 Å². The largest absolute Gasteiger partial charge is 0.481 e. The molecule has 0 aromatic heterocycles. The number of hydrogen-bond donors (Lipinski definition) is 3. The fourth-order valence-electron chi connectivity index (χ4n) is 2.46. The van der Waals surface area contributed by atoms with Crippen LogP contribution in [0.1, 0.15) is 23.2 Å². The van der Waals surface area contributed by atoms with E-state index in [9.17, 15) is 19.5 Å². The van der Waals surface area contributed by atoms with E-state index in [4.69, 9.17) is 0 Å². The molecular weight excluding hydrogens is 284 g/mol. The summed E-state index contributed by atoms with van der Waals surface area (Å²) in [7, 11) is 1.54. The smallest absolute Gasteiger partial charge is 0.307 e. The summed E-state index contributed by atoms with van der Waals surface area (Å²) in [4.78, 5) is 34.9. The Morgan fingerprint density at radius 1 is 1.05 bits per heavy atom. The molecule has 0 aliphatic heterocycles. The number of anilines is 1. The number of carbonyl (C=O) groups is 3. The van der Waals surface area contributed by atoms with Crippen LogP contribution in [0.4, 0.5) is 5.69 Å². The molecule has 2 atom stereocenters. The number of carboxylic acids is 1. The lowest BCUT2D eigenvalue weighted by Crippen LogP contribution is -2.34. The van der Waals surface area contributed by atoms with Gasteiger partial charge in [-0.15, -0.1) is 0 Å². The van der Waals surface area contributed by atoms with Crippen LogP contribution in [0, 0.1) is 11.8 Å². The van der Waals surface area contributed by atoms with Gasteiger partial charge < -0.3 is 15.7 Å². The molecule has 3 N–H and O–H groups in total. The second-order valence-corrected chi connectivity index (χ2v) is 5.14. The van der Waals surface area contributed by atoms with Crippen LogP contribution in [0.2, 0.25) is 0 Å². The minimum absolute atomic E-state index is 0.207. The molecule has 0 saturated heterocycles. The highest BCUT2D eigenvalue weighted by molar-refractivity contribution is 5.97. The molecule has 2 amide bonds. The average molecular weight is 302 g/mol. The van der Waals surface area contributed by atoms with Gasteiger partial charge in [0, 0.05) is 18.3 Å². The van der Waals surface area contributed by atoms with Crippen molar-refractivity contribution in [2.75, 3.05) is 12.4 Å². The number of allylic oxidation sites excluding steroid dienone is 2. The van der Waals surface area contributed by atoms with Crippen LogP contribution in [0.5, 0.6) is 0 Å². The Morgan fingerprint density at radius 2 is 1.64 bits per heavy atom. The van der Waals surface area contributed by atoms with E-state index in [0.29, 0.717) is 24.1 Å². The van der Waals surface area contributed by atoms with E-state index in [2.05, 4.69) is 10.6 Å². The molecule has 0 spiro atoms. The highest BCUT2D eigenvalue weighted by Gasteiger charge is 2.33. The number of amides is 2. The van der Waals surface area contributed by atoms with Crippen LogP contribution in [0.15, 0.2) is 36.4 Å². The molecule has 0 fully saturated rings. The van der Waals surface area contributed by atoms with Gasteiger partial charge in [0.05, 0.1) is 11.8 Å². The summed E-state index contributed by atoms with van der Waals surface area (Å²) in [6, 6.07) is 6.45. The van der Waals surface area contributed by atoms with Crippen LogP contribution >= 0.6 is 0 Å². The molecule has 0 radical (unpaired) electrons. The minimum Gasteiger partial charge on any atom is -0.481 e. The van der Waals surface area contributed by atoms with Crippen LogP contribution < -0.4 is 10.6 Å². The first-order valence-electron chi connectivity index (χ1n) is 7.03. The van der Waals surface area contributed by atoms with Crippen molar-refractivity contribution < 1.29 is 19.5 Å². The molecule has 0 bridgehead atoms. The fraction of sp³-hybridized carbons (Fsp3) is 0.312. The van der Waals surface area contributed by atoms with Crippen molar-refractivity contribution in [1.82, 2.24) is 5.32 Å². The standard InChI is InChI=1S/C16H18N2O4/c1-17-14(19)10-6-8-11(9-7-10)18-15(20)12-4-2-3-5-13(12)16(21)22/h2-3,6-9,12-13H,4-5H2,1H3,(H,17,19)(H,18,20)(H,21,22)/t12-,13+/m1/s1. The topological polar surface area (TPSA) is 95.5 Å². The van der Waals surface area contributed by atoms with Gasteiger partial charge in [0.1, 0.15) is 0 Å². The van der Waals surface area contributed by atoms with Gasteiger partial charge in [-0.05, 0) is 37.1 Å². The molecule has 1 aliphatic carbocycles. The van der Waals surface area contributed by atoms with Crippen molar-refractivity contribution in [2.24, 2.45) is 11.8 Å².